The number of nitrogens with zero attached hydrogens (tertiary/aromatic N) is 4. The number of hydrogen-bond donors (Lipinski definition) is 3. The molecule has 10 nitrogen and oxygen atoms in total. The molecule has 1 aliphatic carbocycles. The fraction of sp³-hybridized carbons (Fsp3) is 0.440. The van der Waals surface area contributed by atoms with Gasteiger partial charge in [0.1, 0.15) is 12.6 Å². The van der Waals surface area contributed by atoms with Gasteiger partial charge < -0.3 is 20.9 Å². The van der Waals surface area contributed by atoms with Crippen LogP contribution in [-0.2, 0) is 11.3 Å². The van der Waals surface area contributed by atoms with Gasteiger partial charge in [-0.3, -0.25) is 14.0 Å². The molecule has 3 N–H and O–H groups in total. The number of urea groups is 1. The van der Waals surface area contributed by atoms with Crippen LogP contribution in [0.25, 0.3) is 10.9 Å². The Hall–Kier alpha value is -4.03. The molecule has 1 saturated carbocycles. The fourth-order valence-corrected chi connectivity index (χ4v) is 4.98. The number of hydrogen-bond acceptors (Lipinski definition) is 4. The van der Waals surface area contributed by atoms with Gasteiger partial charge in [-0.15, -0.1) is 0 Å². The molecule has 2 fully saturated rings. The van der Waals surface area contributed by atoms with Crippen molar-refractivity contribution in [2.45, 2.75) is 57.4 Å². The quantitative estimate of drug-likeness (QED) is 0.393. The first-order chi connectivity index (χ1) is 18.1. The van der Waals surface area contributed by atoms with E-state index in [0.29, 0.717) is 34.2 Å². The lowest BCUT2D eigenvalue weighted by Gasteiger charge is -2.26. The fourth-order valence-electron chi connectivity index (χ4n) is 4.98. The molecular weight excluding hydrogens is 503 g/mol. The number of amides is 4. The molecule has 3 atom stereocenters. The molecule has 2 aliphatic rings. The summed E-state index contributed by atoms with van der Waals surface area (Å²) in [5.74, 6) is -0.343. The number of anilines is 2. The lowest BCUT2D eigenvalue weighted by atomic mass is 10.1. The summed E-state index contributed by atoms with van der Waals surface area (Å²) >= 11 is 0. The highest BCUT2D eigenvalue weighted by molar-refractivity contribution is 6.06. The third kappa shape index (κ3) is 5.31. The number of alkyl halides is 3. The highest BCUT2D eigenvalue weighted by Gasteiger charge is 2.56. The van der Waals surface area contributed by atoms with E-state index in [2.05, 4.69) is 21.0 Å². The van der Waals surface area contributed by atoms with Gasteiger partial charge in [0.2, 0.25) is 5.91 Å². The minimum atomic E-state index is -4.44. The summed E-state index contributed by atoms with van der Waals surface area (Å²) in [7, 11) is 0. The molecular formula is C25H28F3N7O3. The summed E-state index contributed by atoms with van der Waals surface area (Å²) in [6.07, 6.45) is 1.27. The van der Waals surface area contributed by atoms with E-state index in [1.807, 2.05) is 6.92 Å². The van der Waals surface area contributed by atoms with Crippen molar-refractivity contribution in [1.29, 1.82) is 0 Å². The van der Waals surface area contributed by atoms with E-state index < -0.39 is 30.7 Å². The van der Waals surface area contributed by atoms with Crippen LogP contribution in [0.5, 0.6) is 0 Å². The average Bonchev–Trinajstić information content (AvgIpc) is 3.16. The molecule has 4 amide bonds. The zero-order chi connectivity index (χ0) is 27.0. The molecule has 202 valence electrons. The van der Waals surface area contributed by atoms with Crippen LogP contribution in [0.2, 0.25) is 0 Å². The number of aromatic nitrogens is 3. The van der Waals surface area contributed by atoms with Crippen molar-refractivity contribution in [1.82, 2.24) is 24.6 Å². The van der Waals surface area contributed by atoms with Crippen LogP contribution in [0.1, 0.15) is 32.6 Å². The number of benzene rings is 1. The van der Waals surface area contributed by atoms with E-state index in [1.165, 1.54) is 15.5 Å². The zero-order valence-electron chi connectivity index (χ0n) is 20.7. The van der Waals surface area contributed by atoms with Gasteiger partial charge in [-0.25, -0.2) is 9.59 Å². The predicted molar refractivity (Wildman–Crippen MR) is 134 cm³/mol. The van der Waals surface area contributed by atoms with E-state index in [1.54, 1.807) is 30.5 Å². The lowest BCUT2D eigenvalue weighted by molar-refractivity contribution is -0.142. The monoisotopic (exact) mass is 531 g/mol. The Kier molecular flexibility index (Phi) is 6.76. The first-order valence-corrected chi connectivity index (χ1v) is 12.5. The van der Waals surface area contributed by atoms with Crippen molar-refractivity contribution in [3.63, 3.8) is 0 Å². The van der Waals surface area contributed by atoms with Crippen molar-refractivity contribution in [2.75, 3.05) is 17.2 Å². The maximum Gasteiger partial charge on any atom is 0.408 e. The second kappa shape index (κ2) is 10.0. The molecule has 1 aromatic carbocycles. The molecule has 0 radical (unpaired) electrons. The average molecular weight is 532 g/mol. The van der Waals surface area contributed by atoms with Gasteiger partial charge in [-0.05, 0) is 31.2 Å². The molecule has 2 aromatic heterocycles. The molecule has 5 rings (SSSR count). The second-order valence-electron chi connectivity index (χ2n) is 9.67. The number of likely N-dealkylation sites (tertiary alicyclic amines) is 1. The zero-order valence-corrected chi connectivity index (χ0v) is 20.7. The molecule has 1 saturated heterocycles. The number of carbonyl (C=O) groups is 3. The van der Waals surface area contributed by atoms with Crippen molar-refractivity contribution in [2.24, 2.45) is 5.92 Å². The predicted octanol–water partition coefficient (Wildman–Crippen LogP) is 4.39. The summed E-state index contributed by atoms with van der Waals surface area (Å²) < 4.78 is 40.0. The van der Waals surface area contributed by atoms with Crippen LogP contribution >= 0.6 is 0 Å². The van der Waals surface area contributed by atoms with Crippen molar-refractivity contribution >= 4 is 40.4 Å². The number of piperidine rings is 1. The maximum absolute atomic E-state index is 13.4. The van der Waals surface area contributed by atoms with Gasteiger partial charge in [0.15, 0.2) is 5.82 Å². The van der Waals surface area contributed by atoms with E-state index >= 15 is 0 Å². The first-order valence-electron chi connectivity index (χ1n) is 12.5. The minimum Gasteiger partial charge on any atom is -0.337 e. The SMILES string of the molecule is CCCCNC(=O)n1cc(NC(=O)N2C3C[C@@H]3C[C@H]2C(=O)Nc2ccn(CC(F)(F)F)n2)c2ccccc21. The van der Waals surface area contributed by atoms with Crippen LogP contribution in [0.4, 0.5) is 34.3 Å². The number of halogens is 3. The second-order valence-corrected chi connectivity index (χ2v) is 9.67. The van der Waals surface area contributed by atoms with Crippen LogP contribution in [0.3, 0.4) is 0 Å². The van der Waals surface area contributed by atoms with Gasteiger partial charge in [0, 0.05) is 36.4 Å². The maximum atomic E-state index is 13.4. The number of fused-ring (bicyclic) bond motifs is 2. The third-order valence-electron chi connectivity index (χ3n) is 6.85. The van der Waals surface area contributed by atoms with Gasteiger partial charge in [0.25, 0.3) is 0 Å². The van der Waals surface area contributed by atoms with Gasteiger partial charge in [-0.2, -0.15) is 18.3 Å². The van der Waals surface area contributed by atoms with Crippen molar-refractivity contribution in [3.8, 4) is 0 Å². The van der Waals surface area contributed by atoms with E-state index in [0.717, 1.165) is 25.5 Å². The smallest absolute Gasteiger partial charge is 0.337 e. The molecule has 38 heavy (non-hydrogen) atoms. The summed E-state index contributed by atoms with van der Waals surface area (Å²) in [6.45, 7) is 1.29. The van der Waals surface area contributed by atoms with E-state index in [4.69, 9.17) is 0 Å². The Morgan fingerprint density at radius 1 is 1.08 bits per heavy atom. The van der Waals surface area contributed by atoms with E-state index in [9.17, 15) is 27.6 Å². The summed E-state index contributed by atoms with van der Waals surface area (Å²) in [5.41, 5.74) is 1.07. The first kappa shape index (κ1) is 25.6. The standard InChI is InChI=1S/C25H28F3N7O3/c1-2-3-9-29-23(37)34-13-17(16-6-4-5-7-18(16)34)30-24(38)35-19-11-15(19)12-20(35)22(36)31-21-8-10-33(32-21)14-25(26,27)28/h4-8,10,13,15,19-20H,2-3,9,11-12,14H2,1H3,(H,29,37)(H,30,38)(H,31,32,36)/t15-,19?,20+/m1/s1. The number of rotatable bonds is 7. The number of nitrogens with one attached hydrogen (secondary N) is 3. The normalized spacial score (nSPS) is 20.3. The molecule has 0 bridgehead atoms. The van der Waals surface area contributed by atoms with Crippen molar-refractivity contribution in [3.05, 3.63) is 42.7 Å². The minimum absolute atomic E-state index is 0.0164. The summed E-state index contributed by atoms with van der Waals surface area (Å²) in [5, 5.41) is 12.7. The topological polar surface area (TPSA) is 113 Å². The highest BCUT2D eigenvalue weighted by atomic mass is 19.4. The Morgan fingerprint density at radius 3 is 2.63 bits per heavy atom. The molecule has 1 aliphatic heterocycles. The number of unbranched alkanes of at least 4 members (excludes halogenated alkanes) is 1. The van der Waals surface area contributed by atoms with E-state index in [-0.39, 0.29) is 23.8 Å². The molecule has 3 heterocycles. The molecule has 3 aromatic rings. The third-order valence-corrected chi connectivity index (χ3v) is 6.85. The van der Waals surface area contributed by atoms with Crippen LogP contribution in [0, 0.1) is 5.92 Å². The van der Waals surface area contributed by atoms with Crippen LogP contribution < -0.4 is 16.0 Å². The van der Waals surface area contributed by atoms with Crippen LogP contribution in [-0.4, -0.2) is 62.0 Å². The Morgan fingerprint density at radius 2 is 1.87 bits per heavy atom. The number of carbonyl (C=O) groups excluding carboxylic acids is 3. The Balaban J connectivity index is 1.30. The largest absolute Gasteiger partial charge is 0.408 e. The van der Waals surface area contributed by atoms with Gasteiger partial charge in [0.05, 0.1) is 11.2 Å². The number of para-hydroxylation sites is 1. The van der Waals surface area contributed by atoms with Gasteiger partial charge in [-0.1, -0.05) is 31.5 Å². The Bertz CT molecular complexity index is 1370. The highest BCUT2D eigenvalue weighted by Crippen LogP contribution is 2.48. The van der Waals surface area contributed by atoms with Crippen molar-refractivity contribution < 1.29 is 27.6 Å². The van der Waals surface area contributed by atoms with Crippen LogP contribution in [0.15, 0.2) is 42.7 Å². The Labute approximate surface area is 216 Å². The molecule has 0 spiro atoms. The summed E-state index contributed by atoms with van der Waals surface area (Å²) in [6, 6.07) is 6.79. The summed E-state index contributed by atoms with van der Waals surface area (Å²) in [4.78, 5) is 40.6. The van der Waals surface area contributed by atoms with Gasteiger partial charge >= 0.3 is 18.2 Å². The molecule has 1 unspecified atom stereocenters. The lowest BCUT2D eigenvalue weighted by Crippen LogP contribution is -2.47. The molecule has 13 heteroatoms.